The minimum atomic E-state index is -0.293. The molecular formula is C14H19Cl2N3O3. The van der Waals surface area contributed by atoms with Crippen molar-refractivity contribution < 1.29 is 14.3 Å². The summed E-state index contributed by atoms with van der Waals surface area (Å²) < 4.78 is 5.30. The van der Waals surface area contributed by atoms with Crippen molar-refractivity contribution in [2.45, 2.75) is 12.5 Å². The molecule has 2 amide bonds. The Morgan fingerprint density at radius 1 is 1.45 bits per heavy atom. The van der Waals surface area contributed by atoms with Crippen molar-refractivity contribution in [3.8, 4) is 0 Å². The lowest BCUT2D eigenvalue weighted by Gasteiger charge is -2.23. The number of nitrogens with one attached hydrogen (secondary N) is 3. The first-order valence-electron chi connectivity index (χ1n) is 6.72. The first-order chi connectivity index (χ1) is 10.1. The number of anilines is 1. The van der Waals surface area contributed by atoms with Crippen molar-refractivity contribution in [3.05, 3.63) is 28.8 Å². The van der Waals surface area contributed by atoms with Gasteiger partial charge < -0.3 is 20.7 Å². The second-order valence-electron chi connectivity index (χ2n) is 4.75. The van der Waals surface area contributed by atoms with E-state index in [1.807, 2.05) is 0 Å². The van der Waals surface area contributed by atoms with Crippen molar-refractivity contribution in [2.75, 3.05) is 32.1 Å². The molecular weight excluding hydrogens is 329 g/mol. The second-order valence-corrected chi connectivity index (χ2v) is 5.16. The third-order valence-corrected chi connectivity index (χ3v) is 3.48. The number of halogens is 2. The number of carbonyl (C=O) groups is 2. The van der Waals surface area contributed by atoms with Crippen LogP contribution in [0.3, 0.4) is 0 Å². The summed E-state index contributed by atoms with van der Waals surface area (Å²) in [5, 5.41) is 8.82. The number of ether oxygens (including phenoxy) is 1. The summed E-state index contributed by atoms with van der Waals surface area (Å²) in [4.78, 5) is 23.6. The number of hydrogen-bond donors (Lipinski definition) is 3. The average molecular weight is 348 g/mol. The molecule has 22 heavy (non-hydrogen) atoms. The molecule has 1 aromatic carbocycles. The van der Waals surface area contributed by atoms with Crippen LogP contribution in [-0.4, -0.2) is 44.7 Å². The maximum Gasteiger partial charge on any atom is 0.252 e. The standard InChI is InChI=1S/C14H18ClN3O3.ClH/c1-16-14(20)11-6-9(2-3-12(11)15)18-13(19)7-10-8-21-5-4-17-10;/h2-3,6,10,17H,4-5,7-8H2,1H3,(H,16,20)(H,18,19);1H. The van der Waals surface area contributed by atoms with E-state index < -0.39 is 0 Å². The van der Waals surface area contributed by atoms with Crippen LogP contribution < -0.4 is 16.0 Å². The lowest BCUT2D eigenvalue weighted by molar-refractivity contribution is -0.117. The molecule has 0 bridgehead atoms. The molecule has 1 fully saturated rings. The summed E-state index contributed by atoms with van der Waals surface area (Å²) in [6.07, 6.45) is 0.317. The van der Waals surface area contributed by atoms with E-state index in [4.69, 9.17) is 16.3 Å². The number of morpholine rings is 1. The zero-order valence-corrected chi connectivity index (χ0v) is 13.7. The Morgan fingerprint density at radius 3 is 2.86 bits per heavy atom. The molecule has 0 aromatic heterocycles. The van der Waals surface area contributed by atoms with Crippen LogP contribution in [0.4, 0.5) is 5.69 Å². The lowest BCUT2D eigenvalue weighted by atomic mass is 10.1. The predicted octanol–water partition coefficient (Wildman–Crippen LogP) is 1.44. The van der Waals surface area contributed by atoms with E-state index in [1.54, 1.807) is 18.2 Å². The van der Waals surface area contributed by atoms with Gasteiger partial charge in [0.1, 0.15) is 0 Å². The van der Waals surface area contributed by atoms with Crippen molar-refractivity contribution >= 4 is 41.5 Å². The number of amides is 2. The van der Waals surface area contributed by atoms with Crippen LogP contribution in [0.25, 0.3) is 0 Å². The molecule has 1 aliphatic rings. The van der Waals surface area contributed by atoms with Crippen LogP contribution in [0.5, 0.6) is 0 Å². The zero-order chi connectivity index (χ0) is 15.2. The minimum Gasteiger partial charge on any atom is -0.378 e. The summed E-state index contributed by atoms with van der Waals surface area (Å²) >= 11 is 5.96. The van der Waals surface area contributed by atoms with E-state index in [0.29, 0.717) is 35.9 Å². The molecule has 0 aliphatic carbocycles. The third-order valence-electron chi connectivity index (χ3n) is 3.15. The van der Waals surface area contributed by atoms with Gasteiger partial charge in [-0.2, -0.15) is 0 Å². The van der Waals surface area contributed by atoms with E-state index >= 15 is 0 Å². The van der Waals surface area contributed by atoms with E-state index in [9.17, 15) is 9.59 Å². The first kappa shape index (κ1) is 18.7. The SMILES string of the molecule is CNC(=O)c1cc(NC(=O)CC2COCCN2)ccc1Cl.Cl. The lowest BCUT2D eigenvalue weighted by Crippen LogP contribution is -2.43. The third kappa shape index (κ3) is 5.14. The molecule has 1 saturated heterocycles. The molecule has 1 heterocycles. The van der Waals surface area contributed by atoms with Gasteiger partial charge in [0.25, 0.3) is 5.91 Å². The van der Waals surface area contributed by atoms with E-state index in [1.165, 1.54) is 7.05 Å². The molecule has 0 saturated carbocycles. The van der Waals surface area contributed by atoms with Crippen LogP contribution in [0.15, 0.2) is 18.2 Å². The molecule has 1 aliphatic heterocycles. The minimum absolute atomic E-state index is 0. The Kier molecular flexibility index (Phi) is 7.61. The van der Waals surface area contributed by atoms with Crippen LogP contribution in [0.1, 0.15) is 16.8 Å². The van der Waals surface area contributed by atoms with E-state index in [0.717, 1.165) is 6.54 Å². The highest BCUT2D eigenvalue weighted by Crippen LogP contribution is 2.20. The van der Waals surface area contributed by atoms with Crippen molar-refractivity contribution in [1.82, 2.24) is 10.6 Å². The summed E-state index contributed by atoms with van der Waals surface area (Å²) in [5.41, 5.74) is 0.871. The molecule has 1 aromatic rings. The smallest absolute Gasteiger partial charge is 0.252 e. The van der Waals surface area contributed by atoms with Crippen LogP contribution in [-0.2, 0) is 9.53 Å². The Labute approximate surface area is 140 Å². The first-order valence-corrected chi connectivity index (χ1v) is 7.10. The number of hydrogen-bond acceptors (Lipinski definition) is 4. The van der Waals surface area contributed by atoms with Gasteiger partial charge >= 0.3 is 0 Å². The maximum atomic E-state index is 12.0. The van der Waals surface area contributed by atoms with E-state index in [-0.39, 0.29) is 30.3 Å². The summed E-state index contributed by atoms with van der Waals surface area (Å²) in [6, 6.07) is 4.83. The average Bonchev–Trinajstić information content (AvgIpc) is 2.49. The van der Waals surface area contributed by atoms with Crippen molar-refractivity contribution in [1.29, 1.82) is 0 Å². The Bertz CT molecular complexity index is 534. The highest BCUT2D eigenvalue weighted by atomic mass is 35.5. The number of benzene rings is 1. The van der Waals surface area contributed by atoms with Crippen molar-refractivity contribution in [3.63, 3.8) is 0 Å². The monoisotopic (exact) mass is 347 g/mol. The molecule has 6 nitrogen and oxygen atoms in total. The Hall–Kier alpha value is -1.34. The topological polar surface area (TPSA) is 79.5 Å². The second kappa shape index (κ2) is 8.95. The Balaban J connectivity index is 0.00000242. The van der Waals surface area contributed by atoms with Gasteiger partial charge in [0.05, 0.1) is 23.8 Å². The van der Waals surface area contributed by atoms with Gasteiger partial charge in [-0.15, -0.1) is 12.4 Å². The maximum absolute atomic E-state index is 12.0. The van der Waals surface area contributed by atoms with Gasteiger partial charge in [-0.3, -0.25) is 9.59 Å². The molecule has 2 rings (SSSR count). The fraction of sp³-hybridized carbons (Fsp3) is 0.429. The van der Waals surface area contributed by atoms with Gasteiger partial charge in [0.2, 0.25) is 5.91 Å². The van der Waals surface area contributed by atoms with E-state index in [2.05, 4.69) is 16.0 Å². The largest absolute Gasteiger partial charge is 0.378 e. The quantitative estimate of drug-likeness (QED) is 0.769. The number of rotatable bonds is 4. The zero-order valence-electron chi connectivity index (χ0n) is 12.1. The van der Waals surface area contributed by atoms with Gasteiger partial charge in [-0.1, -0.05) is 11.6 Å². The Morgan fingerprint density at radius 2 is 2.23 bits per heavy atom. The fourth-order valence-electron chi connectivity index (χ4n) is 2.10. The van der Waals surface area contributed by atoms with Gasteiger partial charge in [-0.05, 0) is 18.2 Å². The number of carbonyl (C=O) groups excluding carboxylic acids is 2. The molecule has 1 atom stereocenters. The molecule has 122 valence electrons. The van der Waals surface area contributed by atoms with Crippen LogP contribution >= 0.6 is 24.0 Å². The van der Waals surface area contributed by atoms with Crippen LogP contribution in [0.2, 0.25) is 5.02 Å². The summed E-state index contributed by atoms with van der Waals surface area (Å²) in [5.74, 6) is -0.429. The summed E-state index contributed by atoms with van der Waals surface area (Å²) in [7, 11) is 1.53. The molecule has 3 N–H and O–H groups in total. The summed E-state index contributed by atoms with van der Waals surface area (Å²) in [6.45, 7) is 1.95. The molecule has 0 radical (unpaired) electrons. The highest BCUT2D eigenvalue weighted by Gasteiger charge is 2.17. The van der Waals surface area contributed by atoms with Gasteiger partial charge in [0.15, 0.2) is 0 Å². The molecule has 1 unspecified atom stereocenters. The fourth-order valence-corrected chi connectivity index (χ4v) is 2.30. The van der Waals surface area contributed by atoms with Gasteiger partial charge in [-0.25, -0.2) is 0 Å². The molecule has 0 spiro atoms. The van der Waals surface area contributed by atoms with Gasteiger partial charge in [0, 0.05) is 31.7 Å². The normalized spacial score (nSPS) is 17.3. The van der Waals surface area contributed by atoms with Crippen molar-refractivity contribution in [2.24, 2.45) is 0 Å². The highest BCUT2D eigenvalue weighted by molar-refractivity contribution is 6.34. The van der Waals surface area contributed by atoms with Crippen LogP contribution in [0, 0.1) is 0 Å². The predicted molar refractivity (Wildman–Crippen MR) is 87.9 cm³/mol. The molecule has 8 heteroatoms.